The first-order valence-corrected chi connectivity index (χ1v) is 11.2. The Bertz CT molecular complexity index is 704. The van der Waals surface area contributed by atoms with Crippen LogP contribution < -0.4 is 16.0 Å². The van der Waals surface area contributed by atoms with Crippen LogP contribution in [0.5, 0.6) is 0 Å². The van der Waals surface area contributed by atoms with E-state index in [0.29, 0.717) is 5.69 Å². The van der Waals surface area contributed by atoms with Gasteiger partial charge in [0.2, 0.25) is 0 Å². The summed E-state index contributed by atoms with van der Waals surface area (Å²) in [5, 5.41) is 3.67. The molecule has 0 aliphatic carbocycles. The van der Waals surface area contributed by atoms with E-state index in [4.69, 9.17) is 10.7 Å². The molecule has 0 saturated carbocycles. The van der Waals surface area contributed by atoms with E-state index >= 15 is 0 Å². The number of benzene rings is 1. The third-order valence-corrected chi connectivity index (χ3v) is 4.22. The van der Waals surface area contributed by atoms with Crippen LogP contribution in [-0.4, -0.2) is 25.8 Å². The highest BCUT2D eigenvalue weighted by molar-refractivity contribution is 5.84. The Balaban J connectivity index is 3.56. The monoisotopic (exact) mass is 416 g/mol. The molecular weight excluding hydrogens is 368 g/mol. The van der Waals surface area contributed by atoms with Gasteiger partial charge in [-0.1, -0.05) is 83.1 Å². The molecule has 4 heteroatoms. The molecule has 1 rings (SSSR count). The molecule has 0 heterocycles. The molecule has 0 unspecified atom stereocenters. The highest BCUT2D eigenvalue weighted by Gasteiger charge is 2.25. The van der Waals surface area contributed by atoms with E-state index in [2.05, 4.69) is 105 Å². The van der Waals surface area contributed by atoms with Crippen molar-refractivity contribution in [1.29, 1.82) is 0 Å². The van der Waals surface area contributed by atoms with Crippen LogP contribution >= 0.6 is 0 Å². The molecule has 0 aliphatic heterocycles. The molecule has 0 saturated heterocycles. The Morgan fingerprint density at radius 1 is 0.833 bits per heavy atom. The third-order valence-electron chi connectivity index (χ3n) is 4.22. The summed E-state index contributed by atoms with van der Waals surface area (Å²) in [6.45, 7) is 29.7. The lowest BCUT2D eigenvalue weighted by molar-refractivity contribution is 0.357. The summed E-state index contributed by atoms with van der Waals surface area (Å²) in [4.78, 5) is 7.26. The second-order valence-electron chi connectivity index (χ2n) is 13.4. The number of hydrogen-bond donors (Lipinski definition) is 2. The van der Waals surface area contributed by atoms with E-state index in [1.54, 1.807) is 0 Å². The summed E-state index contributed by atoms with van der Waals surface area (Å²) >= 11 is 0. The topological polar surface area (TPSA) is 53.6 Å². The minimum absolute atomic E-state index is 0.00622. The summed E-state index contributed by atoms with van der Waals surface area (Å²) in [5.41, 5.74) is 10.8. The fraction of sp³-hybridized carbons (Fsp3) is 0.731. The summed E-state index contributed by atoms with van der Waals surface area (Å²) in [6.07, 6.45) is 1.99. The average molecular weight is 417 g/mol. The first-order chi connectivity index (χ1) is 13.3. The van der Waals surface area contributed by atoms with Crippen molar-refractivity contribution >= 4 is 29.0 Å². The number of nitrogens with one attached hydrogen (secondary N) is 1. The van der Waals surface area contributed by atoms with Crippen LogP contribution in [0.15, 0.2) is 17.1 Å². The van der Waals surface area contributed by atoms with Gasteiger partial charge < -0.3 is 16.0 Å². The van der Waals surface area contributed by atoms with E-state index < -0.39 is 0 Å². The molecule has 0 radical (unpaired) electrons. The predicted octanol–water partition coefficient (Wildman–Crippen LogP) is 7.37. The van der Waals surface area contributed by atoms with Gasteiger partial charge in [-0.2, -0.15) is 0 Å². The largest absolute Gasteiger partial charge is 0.397 e. The molecule has 3 N–H and O–H groups in total. The van der Waals surface area contributed by atoms with Gasteiger partial charge in [0.05, 0.1) is 22.7 Å². The first-order valence-electron chi connectivity index (χ1n) is 11.2. The number of nitrogens with zero attached hydrogens (tertiary/aromatic N) is 2. The SMILES string of the molecule is CC(C)(C)C=Nc1cc(N(CC(C)(C)C)CC(C)(C)C)c(NCC(C)(C)C)cc1N. The zero-order valence-electron chi connectivity index (χ0n) is 21.8. The molecule has 30 heavy (non-hydrogen) atoms. The lowest BCUT2D eigenvalue weighted by atomic mass is 9.91. The number of rotatable bonds is 6. The van der Waals surface area contributed by atoms with Gasteiger partial charge in [0, 0.05) is 25.8 Å². The Morgan fingerprint density at radius 2 is 1.33 bits per heavy atom. The Hall–Kier alpha value is -1.71. The maximum Gasteiger partial charge on any atom is 0.0877 e. The van der Waals surface area contributed by atoms with Crippen LogP contribution in [0, 0.1) is 21.7 Å². The second kappa shape index (κ2) is 9.20. The minimum atomic E-state index is 0.00622. The molecule has 1 aromatic carbocycles. The molecule has 172 valence electrons. The molecule has 4 nitrogen and oxygen atoms in total. The normalized spacial score (nSPS) is 13.7. The van der Waals surface area contributed by atoms with Gasteiger partial charge in [-0.25, -0.2) is 0 Å². The third kappa shape index (κ3) is 10.4. The molecule has 0 spiro atoms. The molecule has 0 aliphatic rings. The number of nitrogens with two attached hydrogens (primary N) is 1. The van der Waals surface area contributed by atoms with Crippen molar-refractivity contribution in [3.8, 4) is 0 Å². The zero-order valence-corrected chi connectivity index (χ0v) is 21.8. The van der Waals surface area contributed by atoms with Gasteiger partial charge in [0.1, 0.15) is 0 Å². The molecule has 0 bridgehead atoms. The van der Waals surface area contributed by atoms with Crippen LogP contribution in [0.1, 0.15) is 83.1 Å². The van der Waals surface area contributed by atoms with E-state index in [1.165, 1.54) is 5.69 Å². The van der Waals surface area contributed by atoms with Crippen molar-refractivity contribution in [3.63, 3.8) is 0 Å². The van der Waals surface area contributed by atoms with Gasteiger partial charge in [-0.05, 0) is 33.8 Å². The number of anilines is 3. The maximum absolute atomic E-state index is 6.44. The van der Waals surface area contributed by atoms with Crippen molar-refractivity contribution in [2.24, 2.45) is 26.7 Å². The van der Waals surface area contributed by atoms with Crippen LogP contribution in [0.4, 0.5) is 22.7 Å². The average Bonchev–Trinajstić information content (AvgIpc) is 2.46. The van der Waals surface area contributed by atoms with Crippen molar-refractivity contribution in [1.82, 2.24) is 0 Å². The quantitative estimate of drug-likeness (QED) is 0.376. The summed E-state index contributed by atoms with van der Waals surface area (Å²) in [7, 11) is 0. The van der Waals surface area contributed by atoms with Gasteiger partial charge in [0.15, 0.2) is 0 Å². The van der Waals surface area contributed by atoms with Crippen molar-refractivity contribution in [2.75, 3.05) is 35.6 Å². The Kier molecular flexibility index (Phi) is 8.07. The molecule has 0 fully saturated rings. The van der Waals surface area contributed by atoms with Gasteiger partial charge in [-0.15, -0.1) is 0 Å². The van der Waals surface area contributed by atoms with Crippen molar-refractivity contribution in [3.05, 3.63) is 12.1 Å². The highest BCUT2D eigenvalue weighted by Crippen LogP contribution is 2.39. The van der Waals surface area contributed by atoms with E-state index in [1.807, 2.05) is 6.21 Å². The lowest BCUT2D eigenvalue weighted by Gasteiger charge is -2.38. The zero-order chi connectivity index (χ0) is 23.5. The lowest BCUT2D eigenvalue weighted by Crippen LogP contribution is -2.39. The van der Waals surface area contributed by atoms with Crippen LogP contribution in [0.25, 0.3) is 0 Å². The second-order valence-corrected chi connectivity index (χ2v) is 13.4. The highest BCUT2D eigenvalue weighted by atomic mass is 15.2. The van der Waals surface area contributed by atoms with Crippen molar-refractivity contribution < 1.29 is 0 Å². The maximum atomic E-state index is 6.44. The molecule has 0 atom stereocenters. The van der Waals surface area contributed by atoms with Gasteiger partial charge >= 0.3 is 0 Å². The molecule has 0 aromatic heterocycles. The van der Waals surface area contributed by atoms with Crippen LogP contribution in [-0.2, 0) is 0 Å². The van der Waals surface area contributed by atoms with Crippen LogP contribution in [0.2, 0.25) is 0 Å². The van der Waals surface area contributed by atoms with Gasteiger partial charge in [-0.3, -0.25) is 4.99 Å². The molecule has 1 aromatic rings. The first kappa shape index (κ1) is 26.3. The number of aliphatic imine (C=N–C) groups is 1. The van der Waals surface area contributed by atoms with E-state index in [0.717, 1.165) is 31.0 Å². The number of nitrogen functional groups attached to an aromatic ring is 1. The van der Waals surface area contributed by atoms with Gasteiger partial charge in [0.25, 0.3) is 0 Å². The number of hydrogen-bond acceptors (Lipinski definition) is 4. The minimum Gasteiger partial charge on any atom is -0.397 e. The van der Waals surface area contributed by atoms with Crippen LogP contribution in [0.3, 0.4) is 0 Å². The Labute approximate surface area is 186 Å². The fourth-order valence-corrected chi connectivity index (χ4v) is 3.10. The predicted molar refractivity (Wildman–Crippen MR) is 138 cm³/mol. The molecule has 0 amide bonds. The standard InChI is InChI=1S/C26H48N4/c1-23(2,3)15-28-20-14-22(21(13-19(20)27)29-16-24(4,5)6)30(17-25(7,8)9)18-26(10,11)12/h13-15,29H,16-18,27H2,1-12H3. The summed E-state index contributed by atoms with van der Waals surface area (Å²) < 4.78 is 0. The summed E-state index contributed by atoms with van der Waals surface area (Å²) in [6, 6.07) is 4.23. The van der Waals surface area contributed by atoms with E-state index in [9.17, 15) is 0 Å². The molecular formula is C26H48N4. The summed E-state index contributed by atoms with van der Waals surface area (Å²) in [5.74, 6) is 0. The smallest absolute Gasteiger partial charge is 0.0877 e. The Morgan fingerprint density at radius 3 is 1.73 bits per heavy atom. The fourth-order valence-electron chi connectivity index (χ4n) is 3.10. The van der Waals surface area contributed by atoms with Crippen molar-refractivity contribution in [2.45, 2.75) is 83.1 Å². The van der Waals surface area contributed by atoms with E-state index in [-0.39, 0.29) is 21.7 Å².